The Kier molecular flexibility index (Phi) is 10.2. The van der Waals surface area contributed by atoms with Gasteiger partial charge in [-0.1, -0.05) is 0 Å². The number of guanidine groups is 1. The van der Waals surface area contributed by atoms with Gasteiger partial charge in [-0.25, -0.2) is 0 Å². The highest BCUT2D eigenvalue weighted by atomic mass is 127. The second kappa shape index (κ2) is 12.4. The van der Waals surface area contributed by atoms with Crippen LogP contribution in [0.2, 0.25) is 0 Å². The molecule has 31 heavy (non-hydrogen) atoms. The fraction of sp³-hybridized carbons (Fsp3) is 0.500. The van der Waals surface area contributed by atoms with Crippen LogP contribution < -0.4 is 19.5 Å². The van der Waals surface area contributed by atoms with Crippen LogP contribution in [-0.2, 0) is 13.1 Å². The van der Waals surface area contributed by atoms with Gasteiger partial charge in [0.05, 0.1) is 27.9 Å². The van der Waals surface area contributed by atoms with Crippen LogP contribution in [-0.4, -0.2) is 70.3 Å². The molecule has 7 nitrogen and oxygen atoms in total. The van der Waals surface area contributed by atoms with Crippen molar-refractivity contribution < 1.29 is 14.2 Å². The molecular formula is C22H33IN4O3S. The summed E-state index contributed by atoms with van der Waals surface area (Å²) in [6.45, 7) is 7.60. The number of halogens is 1. The number of aliphatic imine (C=N–C) groups is 1. The molecular weight excluding hydrogens is 527 g/mol. The minimum Gasteiger partial charge on any atom is -0.493 e. The van der Waals surface area contributed by atoms with Gasteiger partial charge in [-0.05, 0) is 36.8 Å². The first-order valence-electron chi connectivity index (χ1n) is 10.1. The van der Waals surface area contributed by atoms with E-state index in [1.165, 1.54) is 9.75 Å². The first-order chi connectivity index (χ1) is 14.6. The molecule has 0 radical (unpaired) electrons. The van der Waals surface area contributed by atoms with Crippen molar-refractivity contribution in [2.75, 3.05) is 54.6 Å². The lowest BCUT2D eigenvalue weighted by Crippen LogP contribution is -2.52. The van der Waals surface area contributed by atoms with E-state index in [0.717, 1.165) is 50.8 Å². The van der Waals surface area contributed by atoms with Crippen molar-refractivity contribution in [2.45, 2.75) is 20.0 Å². The first kappa shape index (κ1) is 25.5. The van der Waals surface area contributed by atoms with Gasteiger partial charge in [0, 0.05) is 49.5 Å². The molecule has 1 aromatic carbocycles. The maximum absolute atomic E-state index is 5.48. The zero-order chi connectivity index (χ0) is 21.5. The lowest BCUT2D eigenvalue weighted by atomic mass is 10.1. The number of methoxy groups -OCH3 is 3. The molecule has 0 atom stereocenters. The van der Waals surface area contributed by atoms with Gasteiger partial charge in [-0.15, -0.1) is 35.3 Å². The van der Waals surface area contributed by atoms with Crippen molar-refractivity contribution in [3.05, 3.63) is 39.6 Å². The Hall–Kier alpha value is -1.72. The summed E-state index contributed by atoms with van der Waals surface area (Å²) in [6, 6.07) is 8.39. The second-order valence-corrected chi connectivity index (χ2v) is 8.58. The van der Waals surface area contributed by atoms with E-state index in [1.54, 1.807) is 21.3 Å². The van der Waals surface area contributed by atoms with E-state index in [0.29, 0.717) is 17.2 Å². The molecule has 1 fully saturated rings. The number of hydrogen-bond donors (Lipinski definition) is 1. The number of benzene rings is 1. The minimum atomic E-state index is 0. The van der Waals surface area contributed by atoms with Crippen LogP contribution in [0.4, 0.5) is 0 Å². The highest BCUT2D eigenvalue weighted by Gasteiger charge is 2.21. The highest BCUT2D eigenvalue weighted by Crippen LogP contribution is 2.38. The number of hydrogen-bond acceptors (Lipinski definition) is 6. The van der Waals surface area contributed by atoms with Gasteiger partial charge >= 0.3 is 0 Å². The molecule has 1 N–H and O–H groups in total. The number of piperazine rings is 1. The zero-order valence-corrected chi connectivity index (χ0v) is 22.1. The third-order valence-electron chi connectivity index (χ3n) is 5.23. The third-order valence-corrected chi connectivity index (χ3v) is 6.23. The molecule has 9 heteroatoms. The Morgan fingerprint density at radius 3 is 2.16 bits per heavy atom. The summed E-state index contributed by atoms with van der Waals surface area (Å²) >= 11 is 1.82. The molecule has 0 bridgehead atoms. The molecule has 2 aromatic rings. The summed E-state index contributed by atoms with van der Waals surface area (Å²) in [5.74, 6) is 2.98. The Bertz CT molecular complexity index is 841. The van der Waals surface area contributed by atoms with Crippen LogP contribution in [0.3, 0.4) is 0 Å². The van der Waals surface area contributed by atoms with E-state index in [2.05, 4.69) is 39.2 Å². The molecule has 172 valence electrons. The largest absolute Gasteiger partial charge is 0.493 e. The van der Waals surface area contributed by atoms with Crippen molar-refractivity contribution in [2.24, 2.45) is 4.99 Å². The molecule has 3 rings (SSSR count). The molecule has 1 aliphatic rings. The van der Waals surface area contributed by atoms with E-state index in [-0.39, 0.29) is 24.0 Å². The maximum Gasteiger partial charge on any atom is 0.203 e. The molecule has 0 amide bonds. The summed E-state index contributed by atoms with van der Waals surface area (Å²) in [5.41, 5.74) is 1.15. The van der Waals surface area contributed by atoms with E-state index >= 15 is 0 Å². The average molecular weight is 561 g/mol. The molecule has 1 aliphatic heterocycles. The number of ether oxygens (including phenoxy) is 3. The van der Waals surface area contributed by atoms with Crippen molar-refractivity contribution in [3.63, 3.8) is 0 Å². The van der Waals surface area contributed by atoms with Gasteiger partial charge in [0.1, 0.15) is 0 Å². The lowest BCUT2D eigenvalue weighted by molar-refractivity contribution is 0.172. The normalized spacial score (nSPS) is 14.7. The molecule has 0 spiro atoms. The Morgan fingerprint density at radius 2 is 1.68 bits per heavy atom. The van der Waals surface area contributed by atoms with Gasteiger partial charge in [-0.2, -0.15) is 0 Å². The van der Waals surface area contributed by atoms with E-state index in [1.807, 2.05) is 30.5 Å². The van der Waals surface area contributed by atoms with Gasteiger partial charge in [0.15, 0.2) is 17.5 Å². The second-order valence-electron chi connectivity index (χ2n) is 7.21. The summed E-state index contributed by atoms with van der Waals surface area (Å²) in [7, 11) is 6.77. The van der Waals surface area contributed by atoms with Crippen molar-refractivity contribution in [1.82, 2.24) is 15.1 Å². The molecule has 0 aliphatic carbocycles. The summed E-state index contributed by atoms with van der Waals surface area (Å²) < 4.78 is 16.4. The van der Waals surface area contributed by atoms with E-state index in [4.69, 9.17) is 14.2 Å². The fourth-order valence-electron chi connectivity index (χ4n) is 3.68. The van der Waals surface area contributed by atoms with Crippen molar-refractivity contribution in [3.8, 4) is 17.2 Å². The third kappa shape index (κ3) is 6.63. The summed E-state index contributed by atoms with van der Waals surface area (Å²) in [4.78, 5) is 11.9. The first-order valence-corrected chi connectivity index (χ1v) is 10.9. The molecule has 1 aromatic heterocycles. The average Bonchev–Trinajstić information content (AvgIpc) is 3.19. The Labute approximate surface area is 206 Å². The molecule has 0 unspecified atom stereocenters. The lowest BCUT2D eigenvalue weighted by Gasteiger charge is -2.36. The zero-order valence-electron chi connectivity index (χ0n) is 18.9. The van der Waals surface area contributed by atoms with Crippen LogP contribution in [0.25, 0.3) is 0 Å². The Balaban J connectivity index is 0.00000341. The number of nitrogens with one attached hydrogen (secondary N) is 1. The van der Waals surface area contributed by atoms with Gasteiger partial charge in [-0.3, -0.25) is 9.89 Å². The Morgan fingerprint density at radius 1 is 1.03 bits per heavy atom. The van der Waals surface area contributed by atoms with E-state index in [9.17, 15) is 0 Å². The summed E-state index contributed by atoms with van der Waals surface area (Å²) in [5, 5.41) is 3.50. The number of nitrogens with zero attached hydrogens (tertiary/aromatic N) is 3. The number of thiophene rings is 1. The van der Waals surface area contributed by atoms with Crippen molar-refractivity contribution >= 4 is 41.3 Å². The number of rotatable bonds is 7. The van der Waals surface area contributed by atoms with Gasteiger partial charge in [0.2, 0.25) is 5.75 Å². The van der Waals surface area contributed by atoms with E-state index < -0.39 is 0 Å². The standard InChI is InChI=1S/C22H32N4O3S.HI/c1-16-6-7-18(30-16)14-24-22(23-2)26-10-8-25(9-11-26)15-17-12-19(27-3)21(29-5)20(13-17)28-4;/h6-7,12-13H,8-11,14-15H2,1-5H3,(H,23,24);1H. The predicted molar refractivity (Wildman–Crippen MR) is 138 cm³/mol. The van der Waals surface area contributed by atoms with Crippen LogP contribution in [0.15, 0.2) is 29.3 Å². The smallest absolute Gasteiger partial charge is 0.203 e. The van der Waals surface area contributed by atoms with Gasteiger partial charge in [0.25, 0.3) is 0 Å². The summed E-state index contributed by atoms with van der Waals surface area (Å²) in [6.07, 6.45) is 0. The molecule has 0 saturated carbocycles. The number of aryl methyl sites for hydroxylation is 1. The fourth-order valence-corrected chi connectivity index (χ4v) is 4.51. The van der Waals surface area contributed by atoms with Crippen LogP contribution >= 0.6 is 35.3 Å². The van der Waals surface area contributed by atoms with Crippen LogP contribution in [0.5, 0.6) is 17.2 Å². The minimum absolute atomic E-state index is 0. The SMILES string of the molecule is CN=C(NCc1ccc(C)s1)N1CCN(Cc2cc(OC)c(OC)c(OC)c2)CC1.I. The highest BCUT2D eigenvalue weighted by molar-refractivity contribution is 14.0. The predicted octanol–water partition coefficient (Wildman–Crippen LogP) is 3.59. The van der Waals surface area contributed by atoms with Crippen molar-refractivity contribution in [1.29, 1.82) is 0 Å². The monoisotopic (exact) mass is 560 g/mol. The quantitative estimate of drug-likeness (QED) is 0.318. The molecule has 2 heterocycles. The van der Waals surface area contributed by atoms with Crippen LogP contribution in [0, 0.1) is 6.92 Å². The van der Waals surface area contributed by atoms with Crippen LogP contribution in [0.1, 0.15) is 15.3 Å². The topological polar surface area (TPSA) is 58.6 Å². The molecule has 1 saturated heterocycles. The maximum atomic E-state index is 5.48. The van der Waals surface area contributed by atoms with Gasteiger partial charge < -0.3 is 24.4 Å².